The van der Waals surface area contributed by atoms with Crippen LogP contribution >= 0.6 is 0 Å². The molecule has 0 amide bonds. The Morgan fingerprint density at radius 1 is 1.14 bits per heavy atom. The number of sulfone groups is 1. The molecule has 10 nitrogen and oxygen atoms in total. The van der Waals surface area contributed by atoms with E-state index in [9.17, 15) is 13.2 Å². The molecule has 0 bridgehead atoms. The number of hydrogen-bond acceptors (Lipinski definition) is 10. The second kappa shape index (κ2) is 8.27. The minimum absolute atomic E-state index is 0.0117. The highest BCUT2D eigenvalue weighted by atomic mass is 32.2. The summed E-state index contributed by atoms with van der Waals surface area (Å²) in [5, 5.41) is 0. The minimum atomic E-state index is -3.65. The molecule has 0 aliphatic heterocycles. The topological polar surface area (TPSA) is 142 Å². The summed E-state index contributed by atoms with van der Waals surface area (Å²) in [5.74, 6) is -0.974. The minimum Gasteiger partial charge on any atom is -0.457 e. The molecule has 0 aliphatic rings. The number of carbonyl (C=O) groups excluding carboxylic acids is 1. The van der Waals surface area contributed by atoms with Gasteiger partial charge in [0, 0.05) is 19.7 Å². The van der Waals surface area contributed by atoms with E-state index in [-0.39, 0.29) is 34.6 Å². The number of nitrogens with two attached hydrogens (primary N) is 1. The normalized spacial score (nSPS) is 11.2. The van der Waals surface area contributed by atoms with Crippen LogP contribution in [0.1, 0.15) is 21.9 Å². The molecular weight excluding hydrogens is 398 g/mol. The van der Waals surface area contributed by atoms with Crippen LogP contribution in [0.5, 0.6) is 0 Å². The van der Waals surface area contributed by atoms with Gasteiger partial charge in [-0.2, -0.15) is 15.0 Å². The van der Waals surface area contributed by atoms with Crippen LogP contribution in [0.4, 0.5) is 11.9 Å². The molecule has 2 N–H and O–H groups in total. The van der Waals surface area contributed by atoms with E-state index in [1.165, 1.54) is 24.5 Å². The zero-order valence-corrected chi connectivity index (χ0v) is 16.6. The number of benzene rings is 1. The summed E-state index contributed by atoms with van der Waals surface area (Å²) in [6.45, 7) is -0.280. The van der Waals surface area contributed by atoms with Gasteiger partial charge in [-0.25, -0.2) is 13.2 Å². The van der Waals surface area contributed by atoms with E-state index in [0.29, 0.717) is 5.95 Å². The van der Waals surface area contributed by atoms with Gasteiger partial charge in [0.1, 0.15) is 0 Å². The molecule has 1 aromatic carbocycles. The predicted molar refractivity (Wildman–Crippen MR) is 104 cm³/mol. The Morgan fingerprint density at radius 3 is 2.55 bits per heavy atom. The molecule has 0 fully saturated rings. The highest BCUT2D eigenvalue weighted by Crippen LogP contribution is 2.21. The van der Waals surface area contributed by atoms with E-state index >= 15 is 0 Å². The molecule has 0 radical (unpaired) electrons. The number of anilines is 2. The van der Waals surface area contributed by atoms with Crippen LogP contribution in [0, 0.1) is 0 Å². The van der Waals surface area contributed by atoms with Gasteiger partial charge in [-0.3, -0.25) is 0 Å². The molecule has 11 heteroatoms. The van der Waals surface area contributed by atoms with Gasteiger partial charge in [-0.1, -0.05) is 18.2 Å². The predicted octanol–water partition coefficient (Wildman–Crippen LogP) is 1.44. The first-order valence-electron chi connectivity index (χ1n) is 8.45. The smallest absolute Gasteiger partial charge is 0.374 e. The number of furan rings is 1. The molecular formula is C18H19N5O5S. The molecule has 0 saturated carbocycles. The quantitative estimate of drug-likeness (QED) is 0.561. The molecule has 152 valence electrons. The van der Waals surface area contributed by atoms with E-state index in [1.54, 1.807) is 37.2 Å². The Morgan fingerprint density at radius 2 is 1.86 bits per heavy atom. The van der Waals surface area contributed by atoms with Crippen molar-refractivity contribution in [2.45, 2.75) is 17.3 Å². The van der Waals surface area contributed by atoms with Crippen molar-refractivity contribution in [1.82, 2.24) is 15.0 Å². The maximum absolute atomic E-state index is 12.6. The molecule has 3 aromatic rings. The number of nitrogen functional groups attached to an aromatic ring is 1. The van der Waals surface area contributed by atoms with Crippen molar-refractivity contribution >= 4 is 27.7 Å². The second-order valence-electron chi connectivity index (χ2n) is 6.23. The number of esters is 1. The Kier molecular flexibility index (Phi) is 5.78. The summed E-state index contributed by atoms with van der Waals surface area (Å²) >= 11 is 0. The van der Waals surface area contributed by atoms with E-state index in [2.05, 4.69) is 15.0 Å². The molecule has 0 saturated heterocycles. The first kappa shape index (κ1) is 20.3. The average molecular weight is 417 g/mol. The third-order valence-corrected chi connectivity index (χ3v) is 5.48. The van der Waals surface area contributed by atoms with Gasteiger partial charge in [0.2, 0.25) is 17.7 Å². The average Bonchev–Trinajstić information content (AvgIpc) is 3.14. The molecule has 2 aromatic heterocycles. The third kappa shape index (κ3) is 4.88. The summed E-state index contributed by atoms with van der Waals surface area (Å²) in [6.07, 6.45) is 1.23. The van der Waals surface area contributed by atoms with Crippen LogP contribution in [0.25, 0.3) is 0 Å². The van der Waals surface area contributed by atoms with Gasteiger partial charge in [0.25, 0.3) is 0 Å². The van der Waals surface area contributed by atoms with Crippen LogP contribution in [0.2, 0.25) is 0 Å². The number of carbonyl (C=O) groups is 1. The van der Waals surface area contributed by atoms with Crippen molar-refractivity contribution in [3.8, 4) is 0 Å². The van der Waals surface area contributed by atoms with Gasteiger partial charge in [-0.15, -0.1) is 0 Å². The van der Waals surface area contributed by atoms with Gasteiger partial charge in [0.15, 0.2) is 22.3 Å². The zero-order valence-electron chi connectivity index (χ0n) is 15.8. The highest BCUT2D eigenvalue weighted by Gasteiger charge is 2.23. The molecule has 2 heterocycles. The lowest BCUT2D eigenvalue weighted by Crippen LogP contribution is -2.17. The Bertz CT molecular complexity index is 1110. The summed E-state index contributed by atoms with van der Waals surface area (Å²) in [4.78, 5) is 26.2. The molecule has 29 heavy (non-hydrogen) atoms. The van der Waals surface area contributed by atoms with E-state index in [4.69, 9.17) is 14.9 Å². The first-order chi connectivity index (χ1) is 13.8. The Labute approximate surface area is 167 Å². The van der Waals surface area contributed by atoms with Crippen LogP contribution < -0.4 is 10.6 Å². The fourth-order valence-corrected chi connectivity index (χ4v) is 3.80. The van der Waals surface area contributed by atoms with E-state index in [1.807, 2.05) is 0 Å². The number of hydrogen-bond donors (Lipinski definition) is 1. The van der Waals surface area contributed by atoms with Crippen molar-refractivity contribution in [3.63, 3.8) is 0 Å². The molecule has 0 unspecified atom stereocenters. The monoisotopic (exact) mass is 417 g/mol. The third-order valence-electron chi connectivity index (χ3n) is 3.80. The summed E-state index contributed by atoms with van der Waals surface area (Å²) < 4.78 is 35.4. The molecule has 0 atom stereocenters. The second-order valence-corrected chi connectivity index (χ2v) is 8.22. The Balaban J connectivity index is 1.73. The van der Waals surface area contributed by atoms with Crippen molar-refractivity contribution < 1.29 is 22.4 Å². The SMILES string of the molecule is CN(C)c1nc(N)nc(COC(=O)c2occc2CS(=O)(=O)c2ccccc2)n1. The summed E-state index contributed by atoms with van der Waals surface area (Å²) in [5.41, 5.74) is 5.83. The van der Waals surface area contributed by atoms with Crippen molar-refractivity contribution in [2.24, 2.45) is 0 Å². The molecule has 0 aliphatic carbocycles. The number of nitrogens with zero attached hydrogens (tertiary/aromatic N) is 4. The van der Waals surface area contributed by atoms with Crippen LogP contribution in [0.15, 0.2) is 52.0 Å². The van der Waals surface area contributed by atoms with Gasteiger partial charge < -0.3 is 19.8 Å². The first-order valence-corrected chi connectivity index (χ1v) is 10.1. The maximum Gasteiger partial charge on any atom is 0.374 e. The largest absolute Gasteiger partial charge is 0.457 e. The fraction of sp³-hybridized carbons (Fsp3) is 0.222. The Hall–Kier alpha value is -3.47. The lowest BCUT2D eigenvalue weighted by Gasteiger charge is -2.11. The fourth-order valence-electron chi connectivity index (χ4n) is 2.43. The molecule has 0 spiro atoms. The van der Waals surface area contributed by atoms with E-state index < -0.39 is 21.6 Å². The van der Waals surface area contributed by atoms with Crippen molar-refractivity contribution in [3.05, 3.63) is 59.8 Å². The standard InChI is InChI=1S/C18H19N5O5S/c1-23(2)18-21-14(20-17(19)22-18)10-28-16(24)15-12(8-9-27-15)11-29(25,26)13-6-4-3-5-7-13/h3-9H,10-11H2,1-2H3,(H2,19,20,21,22). The van der Waals surface area contributed by atoms with Crippen LogP contribution in [-0.2, 0) is 26.9 Å². The van der Waals surface area contributed by atoms with Gasteiger partial charge >= 0.3 is 5.97 Å². The van der Waals surface area contributed by atoms with E-state index in [0.717, 1.165) is 0 Å². The van der Waals surface area contributed by atoms with Crippen molar-refractivity contribution in [2.75, 3.05) is 24.7 Å². The van der Waals surface area contributed by atoms with Gasteiger partial charge in [-0.05, 0) is 18.2 Å². The number of aromatic nitrogens is 3. The van der Waals surface area contributed by atoms with Crippen molar-refractivity contribution in [1.29, 1.82) is 0 Å². The lowest BCUT2D eigenvalue weighted by atomic mass is 10.3. The van der Waals surface area contributed by atoms with Crippen LogP contribution in [-0.4, -0.2) is 43.4 Å². The van der Waals surface area contributed by atoms with Crippen LogP contribution in [0.3, 0.4) is 0 Å². The number of ether oxygens (including phenoxy) is 1. The lowest BCUT2D eigenvalue weighted by molar-refractivity contribution is 0.0424. The molecule has 3 rings (SSSR count). The maximum atomic E-state index is 12.6. The van der Waals surface area contributed by atoms with Gasteiger partial charge in [0.05, 0.1) is 16.9 Å². The summed E-state index contributed by atoms with van der Waals surface area (Å²) in [7, 11) is -0.192. The summed E-state index contributed by atoms with van der Waals surface area (Å²) in [6, 6.07) is 9.36. The highest BCUT2D eigenvalue weighted by molar-refractivity contribution is 7.90. The number of rotatable bonds is 7. The zero-order chi connectivity index (χ0) is 21.0.